The summed E-state index contributed by atoms with van der Waals surface area (Å²) in [7, 11) is 0. The second-order valence-corrected chi connectivity index (χ2v) is 13.5. The lowest BCUT2D eigenvalue weighted by Gasteiger charge is -2.19. The quantitative estimate of drug-likeness (QED) is 0.0697. The zero-order valence-electron chi connectivity index (χ0n) is 30.0. The number of nitrogens with one attached hydrogen (secondary N) is 5. The number of carbonyl (C=O) groups is 4. The number of rotatable bonds is 14. The van der Waals surface area contributed by atoms with E-state index in [-0.39, 0.29) is 17.5 Å². The van der Waals surface area contributed by atoms with Crippen LogP contribution in [0.4, 0.5) is 36.4 Å². The van der Waals surface area contributed by atoms with Gasteiger partial charge in [-0.05, 0) is 85.0 Å². The lowest BCUT2D eigenvalue weighted by molar-refractivity contribution is -0.154. The summed E-state index contributed by atoms with van der Waals surface area (Å²) in [5.41, 5.74) is 3.97. The van der Waals surface area contributed by atoms with Gasteiger partial charge >= 0.3 is 30.0 Å². The zero-order valence-corrected chi connectivity index (χ0v) is 30.7. The third-order valence-corrected chi connectivity index (χ3v) is 8.94. The van der Waals surface area contributed by atoms with Crippen LogP contribution in [-0.4, -0.2) is 69.1 Å². The van der Waals surface area contributed by atoms with E-state index in [0.29, 0.717) is 29.2 Å². The summed E-state index contributed by atoms with van der Waals surface area (Å²) >= 11 is 6.02. The van der Waals surface area contributed by atoms with Crippen molar-refractivity contribution in [1.29, 1.82) is 0 Å². The summed E-state index contributed by atoms with van der Waals surface area (Å²) in [5.74, 6) is -4.66. The van der Waals surface area contributed by atoms with E-state index in [2.05, 4.69) is 41.5 Å². The van der Waals surface area contributed by atoms with Crippen LogP contribution in [-0.2, 0) is 19.9 Å². The van der Waals surface area contributed by atoms with E-state index >= 15 is 0 Å². The molecule has 4 aromatic carbocycles. The highest BCUT2D eigenvalue weighted by Gasteiger charge is 2.45. The van der Waals surface area contributed by atoms with Gasteiger partial charge in [-0.2, -0.15) is 28.1 Å². The largest absolute Gasteiger partial charge is 0.480 e. The molecule has 6 rings (SSSR count). The number of benzene rings is 4. The first kappa shape index (κ1) is 39.9. The first-order valence-electron chi connectivity index (χ1n) is 17.3. The van der Waals surface area contributed by atoms with Crippen molar-refractivity contribution in [3.05, 3.63) is 119 Å². The lowest BCUT2D eigenvalue weighted by atomic mass is 10.0. The average molecular weight is 803 g/mol. The van der Waals surface area contributed by atoms with Gasteiger partial charge in [0.2, 0.25) is 11.9 Å². The number of aryl methyl sites for hydroxylation is 1. The highest BCUT2D eigenvalue weighted by atomic mass is 35.5. The Bertz CT molecular complexity index is 2260. The minimum atomic E-state index is -4.65. The number of aromatic nitrogens is 3. The van der Waals surface area contributed by atoms with Gasteiger partial charge in [-0.25, -0.2) is 4.79 Å². The van der Waals surface area contributed by atoms with E-state index in [1.54, 1.807) is 36.4 Å². The first-order chi connectivity index (χ1) is 27.1. The van der Waals surface area contributed by atoms with Gasteiger partial charge in [0.05, 0.1) is 5.54 Å². The summed E-state index contributed by atoms with van der Waals surface area (Å²) in [6.45, 7) is -0.265. The highest BCUT2D eigenvalue weighted by molar-refractivity contribution is 6.39. The van der Waals surface area contributed by atoms with Crippen molar-refractivity contribution < 1.29 is 42.2 Å². The number of hydrogen-bond acceptors (Lipinski definition) is 10. The smallest absolute Gasteiger partial charge is 0.422 e. The predicted octanol–water partition coefficient (Wildman–Crippen LogP) is 6.22. The number of carbonyl (C=O) groups excluding carboxylic acids is 3. The van der Waals surface area contributed by atoms with Gasteiger partial charge in [0.25, 0.3) is 5.91 Å². The number of hydrogen-bond donors (Lipinski definition) is 6. The van der Waals surface area contributed by atoms with Crippen LogP contribution in [0.15, 0.2) is 97.1 Å². The Hall–Kier alpha value is -6.75. The van der Waals surface area contributed by atoms with E-state index in [0.717, 1.165) is 22.3 Å². The topological polar surface area (TPSA) is 197 Å². The Morgan fingerprint density at radius 2 is 1.40 bits per heavy atom. The van der Waals surface area contributed by atoms with Crippen molar-refractivity contribution in [2.45, 2.75) is 37.5 Å². The lowest BCUT2D eigenvalue weighted by Crippen LogP contribution is -2.50. The molecule has 0 bridgehead atoms. The molecule has 1 saturated carbocycles. The molecule has 1 aromatic heterocycles. The maximum Gasteiger partial charge on any atom is 0.422 e. The van der Waals surface area contributed by atoms with E-state index in [1.807, 2.05) is 43.3 Å². The molecule has 0 aliphatic heterocycles. The van der Waals surface area contributed by atoms with E-state index < -0.39 is 60.6 Å². The fourth-order valence-electron chi connectivity index (χ4n) is 5.50. The third kappa shape index (κ3) is 10.9. The molecule has 14 nitrogen and oxygen atoms in total. The van der Waals surface area contributed by atoms with E-state index in [9.17, 15) is 37.5 Å². The number of ether oxygens (including phenoxy) is 1. The van der Waals surface area contributed by atoms with Crippen LogP contribution >= 0.6 is 11.6 Å². The van der Waals surface area contributed by atoms with Gasteiger partial charge in [0.1, 0.15) is 6.04 Å². The van der Waals surface area contributed by atoms with Crippen LogP contribution in [0, 0.1) is 6.92 Å². The number of halogens is 4. The van der Waals surface area contributed by atoms with Crippen molar-refractivity contribution in [3.8, 4) is 17.1 Å². The summed E-state index contributed by atoms with van der Waals surface area (Å²) in [5, 5.41) is 23.2. The van der Waals surface area contributed by atoms with Gasteiger partial charge in [0, 0.05) is 28.5 Å². The normalized spacial score (nSPS) is 13.4. The summed E-state index contributed by atoms with van der Waals surface area (Å²) in [6, 6.07) is 25.1. The predicted molar refractivity (Wildman–Crippen MR) is 204 cm³/mol. The summed E-state index contributed by atoms with van der Waals surface area (Å²) in [4.78, 5) is 62.2. The summed E-state index contributed by atoms with van der Waals surface area (Å²) in [6.07, 6.45) is -3.26. The Morgan fingerprint density at radius 3 is 2.00 bits per heavy atom. The zero-order chi connectivity index (χ0) is 40.7. The minimum absolute atomic E-state index is 0.0239. The molecule has 3 amide bonds. The molecule has 6 N–H and O–H groups in total. The fourth-order valence-corrected chi connectivity index (χ4v) is 5.63. The number of carboxylic acids is 1. The molecule has 1 aliphatic carbocycles. The molecule has 0 spiro atoms. The standard InChI is InChI=1S/C39H34ClF3N8O6/c1-22-2-4-23(5-3-22)24-6-14-28(15-7-24)45-33(54)32(53)44-20-30(34(55)56)47-31(52)25-8-16-29(17-9-25)46-35-48-36(50-37(49-35)57-21-39(41,42)43)51-38(18-19-38)26-10-12-27(40)13-11-26/h2-17,30H,18-21H2,1H3,(H,44,53)(H,45,54)(H,47,52)(H,55,56)(H2,46,48,49,50,51)/t30-/m0/s1. The van der Waals surface area contributed by atoms with Crippen LogP contribution in [0.1, 0.15) is 34.3 Å². The Morgan fingerprint density at radius 1 is 0.807 bits per heavy atom. The molecule has 5 aromatic rings. The highest BCUT2D eigenvalue weighted by Crippen LogP contribution is 2.48. The van der Waals surface area contributed by atoms with Gasteiger partial charge in [-0.15, -0.1) is 0 Å². The van der Waals surface area contributed by atoms with Crippen LogP contribution < -0.4 is 31.3 Å². The molecule has 57 heavy (non-hydrogen) atoms. The number of carboxylic acid groups (broad SMARTS) is 1. The Balaban J connectivity index is 1.05. The minimum Gasteiger partial charge on any atom is -0.480 e. The number of aliphatic carboxylic acids is 1. The molecule has 1 fully saturated rings. The first-order valence-corrected chi connectivity index (χ1v) is 17.7. The maximum atomic E-state index is 13.0. The summed E-state index contributed by atoms with van der Waals surface area (Å²) < 4.78 is 43.7. The van der Waals surface area contributed by atoms with Crippen LogP contribution in [0.25, 0.3) is 11.1 Å². The molecule has 0 unspecified atom stereocenters. The van der Waals surface area contributed by atoms with E-state index in [4.69, 9.17) is 16.3 Å². The second-order valence-electron chi connectivity index (χ2n) is 13.1. The average Bonchev–Trinajstić information content (AvgIpc) is 3.96. The molecule has 0 radical (unpaired) electrons. The van der Waals surface area contributed by atoms with Crippen LogP contribution in [0.3, 0.4) is 0 Å². The fraction of sp³-hybridized carbons (Fsp3) is 0.205. The monoisotopic (exact) mass is 802 g/mol. The number of amides is 3. The molecule has 1 atom stereocenters. The SMILES string of the molecule is Cc1ccc(-c2ccc(NC(=O)C(=O)NC[C@H](NC(=O)c3ccc(Nc4nc(NC5(c6ccc(Cl)cc6)CC5)nc(OCC(F)(F)F)n4)cc3)C(=O)O)cc2)cc1. The number of nitrogens with zero attached hydrogens (tertiary/aromatic N) is 3. The van der Waals surface area contributed by atoms with Crippen molar-refractivity contribution >= 4 is 58.6 Å². The Kier molecular flexibility index (Phi) is 11.9. The van der Waals surface area contributed by atoms with Gasteiger partial charge in [-0.1, -0.05) is 65.7 Å². The van der Waals surface area contributed by atoms with Crippen LogP contribution in [0.5, 0.6) is 6.01 Å². The van der Waals surface area contributed by atoms with Crippen molar-refractivity contribution in [2.75, 3.05) is 29.1 Å². The third-order valence-electron chi connectivity index (χ3n) is 8.69. The molecule has 1 heterocycles. The van der Waals surface area contributed by atoms with Crippen molar-refractivity contribution in [3.63, 3.8) is 0 Å². The molecule has 1 aliphatic rings. The van der Waals surface area contributed by atoms with Gasteiger partial charge in [-0.3, -0.25) is 14.4 Å². The molecule has 294 valence electrons. The molecular weight excluding hydrogens is 769 g/mol. The van der Waals surface area contributed by atoms with Crippen molar-refractivity contribution in [2.24, 2.45) is 0 Å². The molecule has 18 heteroatoms. The number of anilines is 4. The molecular formula is C39H34ClF3N8O6. The van der Waals surface area contributed by atoms with E-state index in [1.165, 1.54) is 24.3 Å². The second kappa shape index (κ2) is 16.9. The maximum absolute atomic E-state index is 13.0. The van der Waals surface area contributed by atoms with Gasteiger partial charge in [0.15, 0.2) is 6.61 Å². The molecule has 0 saturated heterocycles. The van der Waals surface area contributed by atoms with Crippen molar-refractivity contribution in [1.82, 2.24) is 25.6 Å². The van der Waals surface area contributed by atoms with Gasteiger partial charge < -0.3 is 36.4 Å². The van der Waals surface area contributed by atoms with Crippen LogP contribution in [0.2, 0.25) is 5.02 Å². The Labute approximate surface area is 328 Å². The number of alkyl halides is 3.